The van der Waals surface area contributed by atoms with Crippen LogP contribution < -0.4 is 0 Å². The van der Waals surface area contributed by atoms with E-state index in [2.05, 4.69) is 26.0 Å². The molecule has 1 heterocycles. The first kappa shape index (κ1) is 9.68. The zero-order valence-electron chi connectivity index (χ0n) is 7.19. The average molecular weight is 273 g/mol. The number of benzene rings is 1. The molecule has 0 aliphatic carbocycles. The molecular formula is C9H7BrClN3. The van der Waals surface area contributed by atoms with Gasteiger partial charge in [0.15, 0.2) is 0 Å². The maximum atomic E-state index is 6.03. The third kappa shape index (κ3) is 2.13. The average Bonchev–Trinajstić information content (AvgIpc) is 2.64. The van der Waals surface area contributed by atoms with Crippen LogP contribution in [-0.2, 0) is 6.54 Å². The summed E-state index contributed by atoms with van der Waals surface area (Å²) in [5, 5.41) is 4.75. The highest BCUT2D eigenvalue weighted by Gasteiger charge is 2.02. The van der Waals surface area contributed by atoms with Crippen LogP contribution in [0.4, 0.5) is 0 Å². The summed E-state index contributed by atoms with van der Waals surface area (Å²) >= 11 is 9.43. The van der Waals surface area contributed by atoms with Crippen molar-refractivity contribution in [3.05, 3.63) is 45.9 Å². The molecule has 0 N–H and O–H groups in total. The molecule has 2 aromatic rings. The van der Waals surface area contributed by atoms with Crippen LogP contribution in [0, 0.1) is 0 Å². The van der Waals surface area contributed by atoms with Crippen molar-refractivity contribution >= 4 is 27.5 Å². The lowest BCUT2D eigenvalue weighted by molar-refractivity contribution is 0.685. The van der Waals surface area contributed by atoms with Crippen molar-refractivity contribution in [3.8, 4) is 0 Å². The van der Waals surface area contributed by atoms with Crippen LogP contribution in [-0.4, -0.2) is 14.8 Å². The molecule has 0 aliphatic rings. The van der Waals surface area contributed by atoms with Gasteiger partial charge in [0.1, 0.15) is 12.7 Å². The molecule has 0 radical (unpaired) electrons. The summed E-state index contributed by atoms with van der Waals surface area (Å²) in [5.74, 6) is 0. The van der Waals surface area contributed by atoms with Gasteiger partial charge in [0.2, 0.25) is 0 Å². The van der Waals surface area contributed by atoms with Gasteiger partial charge in [0, 0.05) is 9.50 Å². The third-order valence-corrected chi connectivity index (χ3v) is 2.67. The number of nitrogens with zero attached hydrogens (tertiary/aromatic N) is 3. The molecule has 0 spiro atoms. The Balaban J connectivity index is 2.28. The Morgan fingerprint density at radius 1 is 1.43 bits per heavy atom. The fourth-order valence-electron chi connectivity index (χ4n) is 1.15. The van der Waals surface area contributed by atoms with E-state index in [4.69, 9.17) is 11.6 Å². The van der Waals surface area contributed by atoms with Gasteiger partial charge in [-0.15, -0.1) is 0 Å². The normalized spacial score (nSPS) is 10.4. The zero-order valence-corrected chi connectivity index (χ0v) is 9.53. The van der Waals surface area contributed by atoms with Crippen molar-refractivity contribution < 1.29 is 0 Å². The van der Waals surface area contributed by atoms with Gasteiger partial charge in [-0.25, -0.2) is 9.67 Å². The van der Waals surface area contributed by atoms with E-state index in [1.165, 1.54) is 6.33 Å². The quantitative estimate of drug-likeness (QED) is 0.841. The highest BCUT2D eigenvalue weighted by Crippen LogP contribution is 2.21. The molecule has 0 unspecified atom stereocenters. The monoisotopic (exact) mass is 271 g/mol. The molecule has 0 aliphatic heterocycles. The molecule has 1 aromatic carbocycles. The SMILES string of the molecule is Clc1ccc(Br)cc1Cn1cncn1. The molecule has 3 nitrogen and oxygen atoms in total. The van der Waals surface area contributed by atoms with Crippen molar-refractivity contribution in [1.82, 2.24) is 14.8 Å². The van der Waals surface area contributed by atoms with Crippen LogP contribution in [0.3, 0.4) is 0 Å². The van der Waals surface area contributed by atoms with Crippen molar-refractivity contribution in [2.24, 2.45) is 0 Å². The Labute approximate surface area is 94.9 Å². The maximum absolute atomic E-state index is 6.03. The first-order chi connectivity index (χ1) is 6.75. The van der Waals surface area contributed by atoms with E-state index in [1.807, 2.05) is 18.2 Å². The summed E-state index contributed by atoms with van der Waals surface area (Å²) in [4.78, 5) is 3.87. The molecule has 0 amide bonds. The summed E-state index contributed by atoms with van der Waals surface area (Å²) < 4.78 is 2.74. The highest BCUT2D eigenvalue weighted by atomic mass is 79.9. The molecule has 5 heteroatoms. The lowest BCUT2D eigenvalue weighted by Gasteiger charge is -2.04. The predicted molar refractivity (Wildman–Crippen MR) is 58.3 cm³/mol. The number of hydrogen-bond donors (Lipinski definition) is 0. The first-order valence-electron chi connectivity index (χ1n) is 4.02. The Bertz CT molecular complexity index is 428. The van der Waals surface area contributed by atoms with E-state index < -0.39 is 0 Å². The van der Waals surface area contributed by atoms with Gasteiger partial charge in [0.05, 0.1) is 6.54 Å². The fourth-order valence-corrected chi connectivity index (χ4v) is 1.74. The van der Waals surface area contributed by atoms with Crippen LogP contribution in [0.25, 0.3) is 0 Å². The number of rotatable bonds is 2. The Hall–Kier alpha value is -0.870. The number of hydrogen-bond acceptors (Lipinski definition) is 2. The standard InChI is InChI=1S/C9H7BrClN3/c10-8-1-2-9(11)7(3-8)4-14-6-12-5-13-14/h1-3,5-6H,4H2. The second-order valence-corrected chi connectivity index (χ2v) is 4.15. The summed E-state index contributed by atoms with van der Waals surface area (Å²) in [6.07, 6.45) is 3.17. The van der Waals surface area contributed by atoms with Gasteiger partial charge in [-0.2, -0.15) is 5.10 Å². The second-order valence-electron chi connectivity index (χ2n) is 2.83. The van der Waals surface area contributed by atoms with Crippen molar-refractivity contribution in [1.29, 1.82) is 0 Å². The van der Waals surface area contributed by atoms with Crippen LogP contribution in [0.15, 0.2) is 35.3 Å². The number of halogens is 2. The van der Waals surface area contributed by atoms with Gasteiger partial charge in [-0.1, -0.05) is 27.5 Å². The molecule has 14 heavy (non-hydrogen) atoms. The molecule has 72 valence electrons. The minimum absolute atomic E-state index is 0.637. The van der Waals surface area contributed by atoms with E-state index in [-0.39, 0.29) is 0 Å². The molecule has 0 bridgehead atoms. The van der Waals surface area contributed by atoms with E-state index in [0.717, 1.165) is 15.1 Å². The van der Waals surface area contributed by atoms with E-state index in [9.17, 15) is 0 Å². The Morgan fingerprint density at radius 2 is 2.29 bits per heavy atom. The summed E-state index contributed by atoms with van der Waals surface area (Å²) in [5.41, 5.74) is 1.02. The van der Waals surface area contributed by atoms with Crippen molar-refractivity contribution in [2.45, 2.75) is 6.54 Å². The molecule has 1 aromatic heterocycles. The Kier molecular flexibility index (Phi) is 2.84. The lowest BCUT2D eigenvalue weighted by atomic mass is 10.2. The minimum atomic E-state index is 0.637. The molecule has 0 saturated heterocycles. The van der Waals surface area contributed by atoms with Gasteiger partial charge in [-0.05, 0) is 23.8 Å². The van der Waals surface area contributed by atoms with Crippen molar-refractivity contribution in [3.63, 3.8) is 0 Å². The molecule has 0 fully saturated rings. The van der Waals surface area contributed by atoms with E-state index in [1.54, 1.807) is 11.0 Å². The maximum Gasteiger partial charge on any atom is 0.137 e. The van der Waals surface area contributed by atoms with Crippen LogP contribution >= 0.6 is 27.5 Å². The minimum Gasteiger partial charge on any atom is -0.249 e. The third-order valence-electron chi connectivity index (χ3n) is 1.81. The number of aromatic nitrogens is 3. The van der Waals surface area contributed by atoms with Crippen LogP contribution in [0.2, 0.25) is 5.02 Å². The van der Waals surface area contributed by atoms with Crippen LogP contribution in [0.5, 0.6) is 0 Å². The van der Waals surface area contributed by atoms with E-state index in [0.29, 0.717) is 6.54 Å². The van der Waals surface area contributed by atoms with Crippen LogP contribution in [0.1, 0.15) is 5.56 Å². The predicted octanol–water partition coefficient (Wildman–Crippen LogP) is 2.74. The van der Waals surface area contributed by atoms with Crippen molar-refractivity contribution in [2.75, 3.05) is 0 Å². The zero-order chi connectivity index (χ0) is 9.97. The molecule has 2 rings (SSSR count). The molecule has 0 saturated carbocycles. The smallest absolute Gasteiger partial charge is 0.137 e. The fraction of sp³-hybridized carbons (Fsp3) is 0.111. The summed E-state index contributed by atoms with van der Waals surface area (Å²) in [6.45, 7) is 0.637. The highest BCUT2D eigenvalue weighted by molar-refractivity contribution is 9.10. The lowest BCUT2D eigenvalue weighted by Crippen LogP contribution is -2.00. The van der Waals surface area contributed by atoms with E-state index >= 15 is 0 Å². The second kappa shape index (κ2) is 4.11. The summed E-state index contributed by atoms with van der Waals surface area (Å²) in [7, 11) is 0. The van der Waals surface area contributed by atoms with Gasteiger partial charge in [0.25, 0.3) is 0 Å². The summed E-state index contributed by atoms with van der Waals surface area (Å²) in [6, 6.07) is 5.75. The Morgan fingerprint density at radius 3 is 3.00 bits per heavy atom. The van der Waals surface area contributed by atoms with Gasteiger partial charge >= 0.3 is 0 Å². The molecular weight excluding hydrogens is 265 g/mol. The topological polar surface area (TPSA) is 30.7 Å². The van der Waals surface area contributed by atoms with Gasteiger partial charge in [-0.3, -0.25) is 0 Å². The largest absolute Gasteiger partial charge is 0.249 e. The van der Waals surface area contributed by atoms with Gasteiger partial charge < -0.3 is 0 Å². The first-order valence-corrected chi connectivity index (χ1v) is 5.19. The molecule has 0 atom stereocenters.